The number of carbonyl (C=O) groups excluding carboxylic acids is 1. The van der Waals surface area contributed by atoms with E-state index < -0.39 is 5.54 Å². The zero-order valence-corrected chi connectivity index (χ0v) is 22.4. The van der Waals surface area contributed by atoms with E-state index in [2.05, 4.69) is 77.6 Å². The molecule has 0 unspecified atom stereocenters. The lowest BCUT2D eigenvalue weighted by Crippen LogP contribution is -2.37. The Morgan fingerprint density at radius 3 is 2.05 bits per heavy atom. The second kappa shape index (κ2) is 11.7. The van der Waals surface area contributed by atoms with Gasteiger partial charge in [-0.15, -0.1) is 0 Å². The second-order valence-corrected chi connectivity index (χ2v) is 9.59. The van der Waals surface area contributed by atoms with Crippen LogP contribution in [0, 0.1) is 0 Å². The highest BCUT2D eigenvalue weighted by atomic mass is 79.9. The molecule has 2 aromatic heterocycles. The fourth-order valence-corrected chi connectivity index (χ4v) is 5.05. The Kier molecular flexibility index (Phi) is 7.73. The van der Waals surface area contributed by atoms with Crippen LogP contribution in [0.3, 0.4) is 0 Å². The average Bonchev–Trinajstić information content (AvgIpc) is 3.60. The molecule has 0 spiro atoms. The largest absolute Gasteiger partial charge is 0.356 e. The van der Waals surface area contributed by atoms with Crippen molar-refractivity contribution in [3.05, 3.63) is 159 Å². The van der Waals surface area contributed by atoms with Crippen LogP contribution in [-0.4, -0.2) is 27.0 Å². The van der Waals surface area contributed by atoms with E-state index in [9.17, 15) is 10.3 Å². The number of benzene rings is 3. The Labute approximate surface area is 233 Å². The van der Waals surface area contributed by atoms with Crippen LogP contribution in [0.2, 0.25) is 0 Å². The summed E-state index contributed by atoms with van der Waals surface area (Å²) in [6, 6.07) is 31.9. The van der Waals surface area contributed by atoms with Gasteiger partial charge in [-0.2, -0.15) is 0 Å². The number of aromatic nitrogens is 3. The normalized spacial score (nSPS) is 11.3. The molecule has 0 fully saturated rings. The Bertz CT molecular complexity index is 1540. The molecular weight excluding hydrogens is 554 g/mol. The zero-order valence-electron chi connectivity index (χ0n) is 20.8. The van der Waals surface area contributed by atoms with Gasteiger partial charge in [0.25, 0.3) is 5.91 Å². The molecule has 0 saturated carbocycles. The molecule has 0 bridgehead atoms. The second-order valence-electron chi connectivity index (χ2n) is 8.68. The SMILES string of the molecule is [N-]=[N+]=Nc1nc(/C=C\CNC(=O)c2cc(Br)c[nH]2)cn1C(c1ccccc1)(c1ccccc1)c1ccccc1. The minimum atomic E-state index is -0.873. The molecule has 0 aliphatic carbocycles. The van der Waals surface area contributed by atoms with Gasteiger partial charge in [-0.05, 0) is 55.4 Å². The van der Waals surface area contributed by atoms with Gasteiger partial charge in [-0.1, -0.05) is 97.1 Å². The summed E-state index contributed by atoms with van der Waals surface area (Å²) >= 11 is 3.33. The van der Waals surface area contributed by atoms with Crippen molar-refractivity contribution < 1.29 is 4.79 Å². The van der Waals surface area contributed by atoms with Crippen LogP contribution in [0.1, 0.15) is 32.9 Å². The monoisotopic (exact) mass is 577 g/mol. The van der Waals surface area contributed by atoms with Crippen LogP contribution >= 0.6 is 15.9 Å². The van der Waals surface area contributed by atoms with E-state index in [4.69, 9.17) is 0 Å². The van der Waals surface area contributed by atoms with Crippen LogP contribution in [0.15, 0.2) is 125 Å². The average molecular weight is 578 g/mol. The molecule has 39 heavy (non-hydrogen) atoms. The molecule has 0 aliphatic heterocycles. The summed E-state index contributed by atoms with van der Waals surface area (Å²) in [7, 11) is 0. The fraction of sp³-hybridized carbons (Fsp3) is 0.0667. The third-order valence-corrected chi connectivity index (χ3v) is 6.80. The van der Waals surface area contributed by atoms with E-state index in [1.807, 2.05) is 65.4 Å². The zero-order chi connectivity index (χ0) is 27.1. The molecule has 3 aromatic carbocycles. The molecular formula is C30H24BrN7O. The third kappa shape index (κ3) is 5.27. The molecule has 2 heterocycles. The third-order valence-electron chi connectivity index (χ3n) is 6.34. The summed E-state index contributed by atoms with van der Waals surface area (Å²) < 4.78 is 2.72. The van der Waals surface area contributed by atoms with Crippen molar-refractivity contribution in [2.75, 3.05) is 6.54 Å². The smallest absolute Gasteiger partial charge is 0.267 e. The molecule has 192 valence electrons. The van der Waals surface area contributed by atoms with Crippen molar-refractivity contribution in [1.29, 1.82) is 0 Å². The maximum absolute atomic E-state index is 12.3. The maximum Gasteiger partial charge on any atom is 0.267 e. The van der Waals surface area contributed by atoms with Crippen molar-refractivity contribution in [1.82, 2.24) is 19.9 Å². The molecule has 8 nitrogen and oxygen atoms in total. The van der Waals surface area contributed by atoms with Crippen molar-refractivity contribution in [2.45, 2.75) is 5.54 Å². The van der Waals surface area contributed by atoms with Gasteiger partial charge >= 0.3 is 0 Å². The molecule has 0 radical (unpaired) electrons. The van der Waals surface area contributed by atoms with E-state index in [0.29, 0.717) is 17.9 Å². The number of nitrogens with one attached hydrogen (secondary N) is 2. The summed E-state index contributed by atoms with van der Waals surface area (Å²) in [6.07, 6.45) is 7.17. The number of amides is 1. The van der Waals surface area contributed by atoms with Crippen molar-refractivity contribution in [3.8, 4) is 0 Å². The van der Waals surface area contributed by atoms with Gasteiger partial charge in [0.15, 0.2) is 5.95 Å². The highest BCUT2D eigenvalue weighted by Crippen LogP contribution is 2.43. The minimum Gasteiger partial charge on any atom is -0.356 e. The Morgan fingerprint density at radius 1 is 1.00 bits per heavy atom. The number of aromatic amines is 1. The first kappa shape index (κ1) is 25.8. The number of nitrogens with zero attached hydrogens (tertiary/aromatic N) is 5. The van der Waals surface area contributed by atoms with Crippen molar-refractivity contribution in [3.63, 3.8) is 0 Å². The highest BCUT2D eigenvalue weighted by Gasteiger charge is 2.39. The first-order valence-corrected chi connectivity index (χ1v) is 13.0. The van der Waals surface area contributed by atoms with E-state index in [1.54, 1.807) is 24.4 Å². The molecule has 1 amide bonds. The van der Waals surface area contributed by atoms with E-state index in [1.165, 1.54) is 0 Å². The Morgan fingerprint density at radius 2 is 1.56 bits per heavy atom. The number of carbonyl (C=O) groups is 1. The molecule has 0 atom stereocenters. The summed E-state index contributed by atoms with van der Waals surface area (Å²) in [5.41, 5.74) is 12.6. The quantitative estimate of drug-likeness (QED) is 0.0835. The number of hydrogen-bond acceptors (Lipinski definition) is 3. The van der Waals surface area contributed by atoms with E-state index in [0.717, 1.165) is 21.2 Å². The first-order chi connectivity index (χ1) is 19.1. The summed E-state index contributed by atoms with van der Waals surface area (Å²) in [6.45, 7) is 0.292. The lowest BCUT2D eigenvalue weighted by atomic mass is 9.76. The molecule has 2 N–H and O–H groups in total. The van der Waals surface area contributed by atoms with Crippen LogP contribution in [0.4, 0.5) is 5.95 Å². The van der Waals surface area contributed by atoms with Crippen molar-refractivity contribution >= 4 is 33.9 Å². The molecule has 5 aromatic rings. The van der Waals surface area contributed by atoms with E-state index in [-0.39, 0.29) is 11.9 Å². The lowest BCUT2D eigenvalue weighted by molar-refractivity contribution is 0.0953. The van der Waals surface area contributed by atoms with Crippen LogP contribution in [0.25, 0.3) is 16.5 Å². The van der Waals surface area contributed by atoms with Crippen LogP contribution < -0.4 is 5.32 Å². The lowest BCUT2D eigenvalue weighted by Gasteiger charge is -2.38. The first-order valence-electron chi connectivity index (χ1n) is 12.2. The molecule has 9 heteroatoms. The van der Waals surface area contributed by atoms with Crippen molar-refractivity contribution in [2.24, 2.45) is 5.11 Å². The summed E-state index contributed by atoms with van der Waals surface area (Å²) in [5.74, 6) is -0.00382. The number of azide groups is 1. The number of rotatable bonds is 9. The van der Waals surface area contributed by atoms with E-state index >= 15 is 0 Å². The van der Waals surface area contributed by atoms with Gasteiger partial charge in [-0.25, -0.2) is 4.98 Å². The molecule has 5 rings (SSSR count). The number of H-pyrrole nitrogens is 1. The summed E-state index contributed by atoms with van der Waals surface area (Å²) in [5, 5.41) is 6.83. The summed E-state index contributed by atoms with van der Waals surface area (Å²) in [4.78, 5) is 23.0. The maximum atomic E-state index is 12.3. The minimum absolute atomic E-state index is 0.217. The van der Waals surface area contributed by atoms with Gasteiger partial charge in [0.1, 0.15) is 11.2 Å². The van der Waals surface area contributed by atoms with Gasteiger partial charge < -0.3 is 14.9 Å². The highest BCUT2D eigenvalue weighted by molar-refractivity contribution is 9.10. The topological polar surface area (TPSA) is 111 Å². The predicted molar refractivity (Wildman–Crippen MR) is 155 cm³/mol. The predicted octanol–water partition coefficient (Wildman–Crippen LogP) is 7.20. The van der Waals surface area contributed by atoms with Crippen LogP contribution in [0.5, 0.6) is 0 Å². The number of imidazole rings is 1. The molecule has 0 aliphatic rings. The Balaban J connectivity index is 1.60. The number of halogens is 1. The number of hydrogen-bond donors (Lipinski definition) is 2. The Hall–Kier alpha value is -4.85. The molecule has 0 saturated heterocycles. The standard InChI is InChI=1S/C30H24BrN7O/c31-25-19-27(34-20-25)28(39)33-18-10-17-26-21-38(29(35-26)36-37-32)30(22-11-4-1-5-12-22,23-13-6-2-7-14-23)24-15-8-3-9-16-24/h1-17,19-21,34H,18H2,(H,33,39)/b17-10-. The van der Waals surface area contributed by atoms with Gasteiger partial charge in [-0.3, -0.25) is 4.79 Å². The fourth-order valence-electron chi connectivity index (χ4n) is 4.71. The van der Waals surface area contributed by atoms with Crippen LogP contribution in [-0.2, 0) is 5.54 Å². The van der Waals surface area contributed by atoms with Gasteiger partial charge in [0, 0.05) is 28.3 Å². The van der Waals surface area contributed by atoms with Gasteiger partial charge in [0.2, 0.25) is 0 Å². The van der Waals surface area contributed by atoms with Gasteiger partial charge in [0.05, 0.1) is 5.69 Å².